The van der Waals surface area contributed by atoms with Gasteiger partial charge in [-0.05, 0) is 39.7 Å². The Labute approximate surface area is 137 Å². The first-order valence-corrected chi connectivity index (χ1v) is 7.31. The van der Waals surface area contributed by atoms with Gasteiger partial charge in [0, 0.05) is 13.8 Å². The van der Waals surface area contributed by atoms with Gasteiger partial charge in [0.2, 0.25) is 0 Å². The summed E-state index contributed by atoms with van der Waals surface area (Å²) in [6.07, 6.45) is 0.600. The van der Waals surface area contributed by atoms with Gasteiger partial charge in [-0.2, -0.15) is 0 Å². The first-order chi connectivity index (χ1) is 11.5. The van der Waals surface area contributed by atoms with Crippen molar-refractivity contribution in [2.45, 2.75) is 13.8 Å². The highest BCUT2D eigenvalue weighted by Crippen LogP contribution is 2.38. The van der Waals surface area contributed by atoms with Crippen molar-refractivity contribution in [1.82, 2.24) is 0 Å². The standard InChI is InChI=1S/C19H14O5/c1-11(21)23-18-9-15-7-13-5-3-4-6-14(13)8-16(15)17(10-20)19(18)24-12(2)22/h3-10H,1-2H3. The van der Waals surface area contributed by atoms with E-state index in [1.54, 1.807) is 6.07 Å². The zero-order valence-corrected chi connectivity index (χ0v) is 13.2. The van der Waals surface area contributed by atoms with Gasteiger partial charge in [-0.3, -0.25) is 14.4 Å². The molecule has 0 aliphatic carbocycles. The maximum atomic E-state index is 11.7. The maximum Gasteiger partial charge on any atom is 0.308 e. The molecule has 24 heavy (non-hydrogen) atoms. The van der Waals surface area contributed by atoms with E-state index in [4.69, 9.17) is 9.47 Å². The second kappa shape index (κ2) is 6.12. The number of fused-ring (bicyclic) bond motifs is 2. The molecule has 3 rings (SSSR count). The van der Waals surface area contributed by atoms with Crippen LogP contribution in [-0.4, -0.2) is 18.2 Å². The minimum absolute atomic E-state index is 0.0441. The molecule has 0 saturated carbocycles. The van der Waals surface area contributed by atoms with Crippen LogP contribution in [0, 0.1) is 0 Å². The Balaban J connectivity index is 2.39. The summed E-state index contributed by atoms with van der Waals surface area (Å²) < 4.78 is 10.3. The maximum absolute atomic E-state index is 11.7. The summed E-state index contributed by atoms with van der Waals surface area (Å²) >= 11 is 0. The van der Waals surface area contributed by atoms with Crippen molar-refractivity contribution in [3.8, 4) is 11.5 Å². The van der Waals surface area contributed by atoms with Crippen molar-refractivity contribution in [2.75, 3.05) is 0 Å². The van der Waals surface area contributed by atoms with Crippen molar-refractivity contribution < 1.29 is 23.9 Å². The summed E-state index contributed by atoms with van der Waals surface area (Å²) in [5, 5.41) is 3.26. The molecule has 0 aromatic heterocycles. The van der Waals surface area contributed by atoms with Gasteiger partial charge in [0.05, 0.1) is 5.56 Å². The zero-order chi connectivity index (χ0) is 17.3. The summed E-state index contributed by atoms with van der Waals surface area (Å²) in [5.41, 5.74) is 0.171. The molecule has 0 aliphatic heterocycles. The van der Waals surface area contributed by atoms with Gasteiger partial charge in [-0.15, -0.1) is 0 Å². The van der Waals surface area contributed by atoms with Gasteiger partial charge >= 0.3 is 11.9 Å². The van der Waals surface area contributed by atoms with Crippen LogP contribution in [0.3, 0.4) is 0 Å². The molecule has 3 aromatic rings. The van der Waals surface area contributed by atoms with Crippen LogP contribution < -0.4 is 9.47 Å². The third-order valence-corrected chi connectivity index (χ3v) is 3.58. The Kier molecular flexibility index (Phi) is 4.00. The van der Waals surface area contributed by atoms with Gasteiger partial charge in [-0.1, -0.05) is 24.3 Å². The molecule has 0 spiro atoms. The number of esters is 2. The number of benzene rings is 3. The average Bonchev–Trinajstić information content (AvgIpc) is 2.53. The number of carbonyl (C=O) groups excluding carboxylic acids is 3. The summed E-state index contributed by atoms with van der Waals surface area (Å²) in [4.78, 5) is 34.4. The van der Waals surface area contributed by atoms with Crippen LogP contribution in [0.25, 0.3) is 21.5 Å². The van der Waals surface area contributed by atoms with E-state index in [1.165, 1.54) is 13.8 Å². The van der Waals surface area contributed by atoms with Crippen LogP contribution in [0.2, 0.25) is 0 Å². The fraction of sp³-hybridized carbons (Fsp3) is 0.105. The predicted octanol–water partition coefficient (Wildman–Crippen LogP) is 3.66. The van der Waals surface area contributed by atoms with E-state index >= 15 is 0 Å². The molecule has 3 aromatic carbocycles. The van der Waals surface area contributed by atoms with Gasteiger partial charge in [0.1, 0.15) is 0 Å². The van der Waals surface area contributed by atoms with E-state index in [0.29, 0.717) is 17.1 Å². The molecule has 0 amide bonds. The van der Waals surface area contributed by atoms with Crippen LogP contribution in [0.5, 0.6) is 11.5 Å². The van der Waals surface area contributed by atoms with E-state index in [-0.39, 0.29) is 17.1 Å². The molecule has 120 valence electrons. The first-order valence-electron chi connectivity index (χ1n) is 7.31. The molecule has 0 heterocycles. The lowest BCUT2D eigenvalue weighted by molar-refractivity contribution is -0.134. The molecule has 0 unspecified atom stereocenters. The number of ether oxygens (including phenoxy) is 2. The van der Waals surface area contributed by atoms with Crippen molar-refractivity contribution >= 4 is 39.8 Å². The second-order valence-electron chi connectivity index (χ2n) is 5.34. The van der Waals surface area contributed by atoms with Gasteiger partial charge in [0.15, 0.2) is 17.8 Å². The van der Waals surface area contributed by atoms with E-state index in [1.807, 2.05) is 36.4 Å². The fourth-order valence-electron chi connectivity index (χ4n) is 2.67. The lowest BCUT2D eigenvalue weighted by Crippen LogP contribution is -2.09. The zero-order valence-electron chi connectivity index (χ0n) is 13.2. The smallest absolute Gasteiger partial charge is 0.308 e. The fourth-order valence-corrected chi connectivity index (χ4v) is 2.67. The Morgan fingerprint density at radius 2 is 1.50 bits per heavy atom. The lowest BCUT2D eigenvalue weighted by atomic mass is 9.99. The highest BCUT2D eigenvalue weighted by molar-refractivity contribution is 6.08. The SMILES string of the molecule is CC(=O)Oc1cc2cc3ccccc3cc2c(C=O)c1OC(C)=O. The first kappa shape index (κ1) is 15.7. The van der Waals surface area contributed by atoms with E-state index in [2.05, 4.69) is 0 Å². The number of hydrogen-bond acceptors (Lipinski definition) is 5. The Bertz CT molecular complexity index is 988. The average molecular weight is 322 g/mol. The molecule has 5 heteroatoms. The lowest BCUT2D eigenvalue weighted by Gasteiger charge is -2.14. The molecule has 0 saturated heterocycles. The molecular weight excluding hydrogens is 308 g/mol. The van der Waals surface area contributed by atoms with Crippen molar-refractivity contribution in [3.63, 3.8) is 0 Å². The summed E-state index contributed by atoms with van der Waals surface area (Å²) in [5.74, 6) is -1.18. The van der Waals surface area contributed by atoms with Crippen LogP contribution in [0.4, 0.5) is 0 Å². The molecule has 0 N–H and O–H groups in total. The van der Waals surface area contributed by atoms with Crippen molar-refractivity contribution in [2.24, 2.45) is 0 Å². The minimum Gasteiger partial charge on any atom is -0.423 e. The Morgan fingerprint density at radius 1 is 0.875 bits per heavy atom. The molecule has 0 aliphatic rings. The Hall–Kier alpha value is -3.21. The van der Waals surface area contributed by atoms with Gasteiger partial charge in [-0.25, -0.2) is 0 Å². The molecule has 5 nitrogen and oxygen atoms in total. The quantitative estimate of drug-likeness (QED) is 0.318. The van der Waals surface area contributed by atoms with E-state index in [9.17, 15) is 14.4 Å². The number of carbonyl (C=O) groups is 3. The molecule has 0 radical (unpaired) electrons. The number of aldehydes is 1. The molecular formula is C19H14O5. The second-order valence-corrected chi connectivity index (χ2v) is 5.34. The van der Waals surface area contributed by atoms with Gasteiger partial charge < -0.3 is 9.47 Å². The van der Waals surface area contributed by atoms with Crippen LogP contribution in [-0.2, 0) is 9.59 Å². The summed E-state index contributed by atoms with van der Waals surface area (Å²) in [6.45, 7) is 2.46. The third-order valence-electron chi connectivity index (χ3n) is 3.58. The van der Waals surface area contributed by atoms with E-state index in [0.717, 1.165) is 10.8 Å². The number of hydrogen-bond donors (Lipinski definition) is 0. The third kappa shape index (κ3) is 2.84. The summed E-state index contributed by atoms with van der Waals surface area (Å²) in [7, 11) is 0. The normalized spacial score (nSPS) is 10.6. The Morgan fingerprint density at radius 3 is 2.08 bits per heavy atom. The van der Waals surface area contributed by atoms with Crippen molar-refractivity contribution in [3.05, 3.63) is 48.0 Å². The molecule has 0 fully saturated rings. The van der Waals surface area contributed by atoms with Crippen molar-refractivity contribution in [1.29, 1.82) is 0 Å². The largest absolute Gasteiger partial charge is 0.423 e. The van der Waals surface area contributed by atoms with E-state index < -0.39 is 11.9 Å². The van der Waals surface area contributed by atoms with Crippen LogP contribution >= 0.6 is 0 Å². The molecule has 0 atom stereocenters. The highest BCUT2D eigenvalue weighted by atomic mass is 16.6. The van der Waals surface area contributed by atoms with Crippen LogP contribution in [0.1, 0.15) is 24.2 Å². The number of rotatable bonds is 3. The van der Waals surface area contributed by atoms with Gasteiger partial charge in [0.25, 0.3) is 0 Å². The molecule has 0 bridgehead atoms. The topological polar surface area (TPSA) is 69.7 Å². The minimum atomic E-state index is -0.605. The van der Waals surface area contributed by atoms with Crippen LogP contribution in [0.15, 0.2) is 42.5 Å². The highest BCUT2D eigenvalue weighted by Gasteiger charge is 2.19. The predicted molar refractivity (Wildman–Crippen MR) is 89.5 cm³/mol. The monoisotopic (exact) mass is 322 g/mol. The summed E-state index contributed by atoms with van der Waals surface area (Å²) in [6, 6.07) is 13.0.